The van der Waals surface area contributed by atoms with Crippen molar-refractivity contribution >= 4 is 33.0 Å². The van der Waals surface area contributed by atoms with Crippen molar-refractivity contribution in [1.29, 1.82) is 0 Å². The number of hydrogen-bond donors (Lipinski definition) is 1. The van der Waals surface area contributed by atoms with E-state index in [4.69, 9.17) is 0 Å². The highest BCUT2D eigenvalue weighted by Gasteiger charge is 2.29. The Morgan fingerprint density at radius 2 is 1.77 bits per heavy atom. The fourth-order valence-corrected chi connectivity index (χ4v) is 4.21. The van der Waals surface area contributed by atoms with Crippen molar-refractivity contribution in [2.24, 2.45) is 0 Å². The number of sulfonamides is 1. The third kappa shape index (κ3) is 6.18. The molecule has 0 radical (unpaired) electrons. The Morgan fingerprint density at radius 1 is 1.13 bits per heavy atom. The minimum Gasteiger partial charge on any atom is -0.375 e. The van der Waals surface area contributed by atoms with Gasteiger partial charge in [0, 0.05) is 38.0 Å². The number of nitrogens with zero attached hydrogens (tertiary/aromatic N) is 3. The Morgan fingerprint density at radius 3 is 2.37 bits per heavy atom. The van der Waals surface area contributed by atoms with Gasteiger partial charge in [-0.05, 0) is 31.5 Å². The van der Waals surface area contributed by atoms with E-state index >= 15 is 0 Å². The molecule has 0 aliphatic rings. The predicted molar refractivity (Wildman–Crippen MR) is 117 cm³/mol. The Balaban J connectivity index is 2.01. The second kappa shape index (κ2) is 10.1. The van der Waals surface area contributed by atoms with Crippen LogP contribution in [0.15, 0.2) is 54.6 Å². The molecule has 0 saturated heterocycles. The van der Waals surface area contributed by atoms with Gasteiger partial charge in [-0.25, -0.2) is 8.42 Å². The third-order valence-electron chi connectivity index (χ3n) is 4.55. The lowest BCUT2D eigenvalue weighted by atomic mass is 10.2. The van der Waals surface area contributed by atoms with Crippen molar-refractivity contribution in [1.82, 2.24) is 5.32 Å². The molecule has 0 saturated carbocycles. The maximum Gasteiger partial charge on any atom is 0.271 e. The molecule has 30 heavy (non-hydrogen) atoms. The van der Waals surface area contributed by atoms with Crippen LogP contribution in [0.4, 0.5) is 17.1 Å². The molecule has 1 N–H and O–H groups in total. The number of carbonyl (C=O) groups is 1. The summed E-state index contributed by atoms with van der Waals surface area (Å²) in [5.41, 5.74) is 0.877. The molecule has 0 spiro atoms. The number of nitrogens with one attached hydrogen (secondary N) is 1. The fourth-order valence-electron chi connectivity index (χ4n) is 3.04. The molecule has 0 fully saturated rings. The lowest BCUT2D eigenvalue weighted by Crippen LogP contribution is -2.48. The van der Waals surface area contributed by atoms with E-state index in [0.717, 1.165) is 22.3 Å². The van der Waals surface area contributed by atoms with Crippen molar-refractivity contribution < 1.29 is 18.1 Å². The summed E-state index contributed by atoms with van der Waals surface area (Å²) in [5, 5.41) is 13.8. The first-order valence-corrected chi connectivity index (χ1v) is 11.2. The van der Waals surface area contributed by atoms with E-state index in [9.17, 15) is 23.3 Å². The topological polar surface area (TPSA) is 113 Å². The highest BCUT2D eigenvalue weighted by atomic mass is 32.2. The molecule has 162 valence electrons. The summed E-state index contributed by atoms with van der Waals surface area (Å²) in [6, 6.07) is 14.0. The van der Waals surface area contributed by atoms with Gasteiger partial charge in [0.1, 0.15) is 6.04 Å². The van der Waals surface area contributed by atoms with Gasteiger partial charge in [0.15, 0.2) is 0 Å². The number of anilines is 2. The number of benzene rings is 2. The maximum atomic E-state index is 12.6. The number of para-hydroxylation sites is 1. The van der Waals surface area contributed by atoms with E-state index in [1.807, 2.05) is 37.4 Å². The van der Waals surface area contributed by atoms with Gasteiger partial charge in [-0.15, -0.1) is 0 Å². The summed E-state index contributed by atoms with van der Waals surface area (Å²) in [6.45, 7) is 2.53. The maximum absolute atomic E-state index is 12.6. The van der Waals surface area contributed by atoms with Crippen LogP contribution < -0.4 is 14.5 Å². The monoisotopic (exact) mass is 434 g/mol. The highest BCUT2D eigenvalue weighted by molar-refractivity contribution is 7.92. The summed E-state index contributed by atoms with van der Waals surface area (Å²) in [5.74, 6) is -0.478. The third-order valence-corrected chi connectivity index (χ3v) is 5.79. The molecule has 10 heteroatoms. The van der Waals surface area contributed by atoms with Crippen LogP contribution in [0.5, 0.6) is 0 Å². The average Bonchev–Trinajstić information content (AvgIpc) is 2.70. The molecular weight excluding hydrogens is 408 g/mol. The molecule has 0 aromatic heterocycles. The van der Waals surface area contributed by atoms with E-state index in [1.165, 1.54) is 25.1 Å². The van der Waals surface area contributed by atoms with Crippen molar-refractivity contribution in [3.63, 3.8) is 0 Å². The second-order valence-corrected chi connectivity index (χ2v) is 8.77. The van der Waals surface area contributed by atoms with Crippen molar-refractivity contribution in [2.45, 2.75) is 19.4 Å². The zero-order chi connectivity index (χ0) is 22.3. The summed E-state index contributed by atoms with van der Waals surface area (Å²) in [4.78, 5) is 25.0. The number of rotatable bonds is 10. The van der Waals surface area contributed by atoms with E-state index in [-0.39, 0.29) is 11.4 Å². The quantitative estimate of drug-likeness (QED) is 0.349. The molecular formula is C20H26N4O5S. The summed E-state index contributed by atoms with van der Waals surface area (Å²) >= 11 is 0. The van der Waals surface area contributed by atoms with Crippen LogP contribution in [0.2, 0.25) is 0 Å². The van der Waals surface area contributed by atoms with Crippen LogP contribution in [-0.2, 0) is 14.8 Å². The van der Waals surface area contributed by atoms with E-state index < -0.39 is 26.9 Å². The predicted octanol–water partition coefficient (Wildman–Crippen LogP) is 2.39. The smallest absolute Gasteiger partial charge is 0.271 e. The minimum atomic E-state index is -3.84. The van der Waals surface area contributed by atoms with Gasteiger partial charge >= 0.3 is 0 Å². The highest BCUT2D eigenvalue weighted by Crippen LogP contribution is 2.25. The first-order chi connectivity index (χ1) is 14.1. The van der Waals surface area contributed by atoms with Crippen molar-refractivity contribution in [3.8, 4) is 0 Å². The van der Waals surface area contributed by atoms with Crippen LogP contribution in [0.1, 0.15) is 13.3 Å². The first kappa shape index (κ1) is 23.1. The van der Waals surface area contributed by atoms with Crippen LogP contribution in [0, 0.1) is 10.1 Å². The Labute approximate surface area is 176 Å². The Kier molecular flexibility index (Phi) is 7.76. The first-order valence-electron chi connectivity index (χ1n) is 9.39. The molecule has 0 aliphatic carbocycles. The standard InChI is InChI=1S/C20H26N4O5S/c1-16(20(25)21-13-8-14-22(2)17-9-5-4-6-10-17)23(30(3,28)29)18-11-7-12-19(15-18)24(26)27/h4-7,9-12,15-16H,8,13-14H2,1-3H3,(H,21,25). The molecule has 1 amide bonds. The van der Waals surface area contributed by atoms with Crippen LogP contribution in [0.25, 0.3) is 0 Å². The number of non-ortho nitro benzene ring substituents is 1. The SMILES string of the molecule is CC(C(=O)NCCCN(C)c1ccccc1)N(c1cccc([N+](=O)[O-])c1)S(C)(=O)=O. The van der Waals surface area contributed by atoms with Gasteiger partial charge in [-0.2, -0.15) is 0 Å². The largest absolute Gasteiger partial charge is 0.375 e. The molecule has 0 aliphatic heterocycles. The number of carbonyl (C=O) groups excluding carboxylic acids is 1. The van der Waals surface area contributed by atoms with Crippen LogP contribution in [-0.4, -0.2) is 51.7 Å². The molecule has 0 heterocycles. The number of hydrogen-bond acceptors (Lipinski definition) is 6. The van der Waals surface area contributed by atoms with Gasteiger partial charge in [-0.3, -0.25) is 19.2 Å². The zero-order valence-corrected chi connectivity index (χ0v) is 18.0. The number of nitro groups is 1. The fraction of sp³-hybridized carbons (Fsp3) is 0.350. The van der Waals surface area contributed by atoms with Gasteiger partial charge in [0.25, 0.3) is 5.69 Å². The van der Waals surface area contributed by atoms with E-state index in [0.29, 0.717) is 19.5 Å². The normalized spacial score (nSPS) is 12.1. The van der Waals surface area contributed by atoms with Gasteiger partial charge in [-0.1, -0.05) is 24.3 Å². The van der Waals surface area contributed by atoms with Crippen molar-refractivity contribution in [2.75, 3.05) is 35.6 Å². The van der Waals surface area contributed by atoms with Gasteiger partial charge < -0.3 is 10.2 Å². The molecule has 0 bridgehead atoms. The lowest BCUT2D eigenvalue weighted by Gasteiger charge is -2.28. The van der Waals surface area contributed by atoms with Gasteiger partial charge in [0.05, 0.1) is 16.9 Å². The molecule has 1 atom stereocenters. The van der Waals surface area contributed by atoms with Gasteiger partial charge in [0.2, 0.25) is 15.9 Å². The summed E-state index contributed by atoms with van der Waals surface area (Å²) in [6.07, 6.45) is 1.63. The zero-order valence-electron chi connectivity index (χ0n) is 17.2. The average molecular weight is 435 g/mol. The van der Waals surface area contributed by atoms with Crippen LogP contribution in [0.3, 0.4) is 0 Å². The number of amides is 1. The van der Waals surface area contributed by atoms with Crippen LogP contribution >= 0.6 is 0 Å². The lowest BCUT2D eigenvalue weighted by molar-refractivity contribution is -0.384. The molecule has 9 nitrogen and oxygen atoms in total. The Hall–Kier alpha value is -3.14. The van der Waals surface area contributed by atoms with E-state index in [1.54, 1.807) is 0 Å². The minimum absolute atomic E-state index is 0.0677. The molecule has 2 aromatic carbocycles. The molecule has 1 unspecified atom stereocenters. The van der Waals surface area contributed by atoms with Crippen molar-refractivity contribution in [3.05, 3.63) is 64.7 Å². The molecule has 2 rings (SSSR count). The second-order valence-electron chi connectivity index (χ2n) is 6.91. The Bertz CT molecular complexity index is 982. The number of nitro benzene ring substituents is 1. The summed E-state index contributed by atoms with van der Waals surface area (Å²) in [7, 11) is -1.89. The summed E-state index contributed by atoms with van der Waals surface area (Å²) < 4.78 is 25.5. The molecule has 2 aromatic rings. The van der Waals surface area contributed by atoms with E-state index in [2.05, 4.69) is 10.2 Å².